The molecule has 9 heteroatoms. The maximum absolute atomic E-state index is 12.2. The number of nitrogens with zero attached hydrogens (tertiary/aromatic N) is 1. The Hall–Kier alpha value is -4.01. The smallest absolute Gasteiger partial charge is 0.321 e. The molecule has 174 valence electrons. The van der Waals surface area contributed by atoms with Gasteiger partial charge in [-0.05, 0) is 54.3 Å². The number of hydrogen-bond acceptors (Lipinski definition) is 5. The molecule has 0 saturated carbocycles. The first-order valence-corrected chi connectivity index (χ1v) is 10.6. The molecule has 9 nitrogen and oxygen atoms in total. The van der Waals surface area contributed by atoms with Crippen LogP contribution >= 0.6 is 0 Å². The molecule has 0 bridgehead atoms. The Kier molecular flexibility index (Phi) is 8.29. The number of methoxy groups -OCH3 is 1. The van der Waals surface area contributed by atoms with Gasteiger partial charge in [-0.3, -0.25) is 9.59 Å². The second-order valence-electron chi connectivity index (χ2n) is 7.54. The van der Waals surface area contributed by atoms with Crippen LogP contribution in [0.25, 0.3) is 6.08 Å². The molecule has 1 saturated heterocycles. The minimum Gasteiger partial charge on any atom is -0.493 e. The van der Waals surface area contributed by atoms with Gasteiger partial charge in [0.25, 0.3) is 5.91 Å². The van der Waals surface area contributed by atoms with Crippen molar-refractivity contribution in [1.29, 1.82) is 0 Å². The number of likely N-dealkylation sites (tertiary alicyclic amines) is 1. The number of primary amides is 1. The molecule has 33 heavy (non-hydrogen) atoms. The molecule has 1 aliphatic rings. The average molecular weight is 453 g/mol. The maximum Gasteiger partial charge on any atom is 0.321 e. The number of carbonyl (C=O) groups is 3. The number of nitrogens with two attached hydrogens (primary N) is 1. The van der Waals surface area contributed by atoms with Gasteiger partial charge < -0.3 is 30.7 Å². The average Bonchev–Trinajstić information content (AvgIpc) is 3.36. The highest BCUT2D eigenvalue weighted by molar-refractivity contribution is 5.92. The first-order chi connectivity index (χ1) is 15.9. The number of ether oxygens (including phenoxy) is 2. The molecule has 0 spiro atoms. The number of anilines is 1. The second kappa shape index (κ2) is 11.6. The third kappa shape index (κ3) is 7.27. The SMILES string of the molecule is COc1cc(C=CC(=O)NCc2cccc(NC(=O)N3CCCC3)c2)ccc1OCC(N)=O. The summed E-state index contributed by atoms with van der Waals surface area (Å²) >= 11 is 0. The van der Waals surface area contributed by atoms with Crippen LogP contribution in [0.3, 0.4) is 0 Å². The molecule has 0 aromatic heterocycles. The Morgan fingerprint density at radius 3 is 2.61 bits per heavy atom. The second-order valence-corrected chi connectivity index (χ2v) is 7.54. The summed E-state index contributed by atoms with van der Waals surface area (Å²) in [6.07, 6.45) is 5.13. The minimum absolute atomic E-state index is 0.0990. The zero-order valence-electron chi connectivity index (χ0n) is 18.5. The first kappa shape index (κ1) is 23.6. The summed E-state index contributed by atoms with van der Waals surface area (Å²) in [7, 11) is 1.48. The van der Waals surface area contributed by atoms with Crippen molar-refractivity contribution in [2.24, 2.45) is 5.73 Å². The lowest BCUT2D eigenvalue weighted by atomic mass is 10.1. The summed E-state index contributed by atoms with van der Waals surface area (Å²) in [5.74, 6) is -0.0482. The highest BCUT2D eigenvalue weighted by Gasteiger charge is 2.17. The van der Waals surface area contributed by atoms with Crippen LogP contribution < -0.4 is 25.8 Å². The summed E-state index contributed by atoms with van der Waals surface area (Å²) in [5.41, 5.74) is 7.37. The van der Waals surface area contributed by atoms with E-state index in [1.807, 2.05) is 24.3 Å². The monoisotopic (exact) mass is 452 g/mol. The van der Waals surface area contributed by atoms with Gasteiger partial charge in [0.15, 0.2) is 18.1 Å². The number of benzene rings is 2. The lowest BCUT2D eigenvalue weighted by molar-refractivity contribution is -0.120. The zero-order valence-corrected chi connectivity index (χ0v) is 18.5. The van der Waals surface area contributed by atoms with Gasteiger partial charge in [0, 0.05) is 31.4 Å². The molecule has 0 radical (unpaired) electrons. The fraction of sp³-hybridized carbons (Fsp3) is 0.292. The number of amides is 4. The largest absolute Gasteiger partial charge is 0.493 e. The Morgan fingerprint density at radius 2 is 1.88 bits per heavy atom. The molecule has 0 unspecified atom stereocenters. The van der Waals surface area contributed by atoms with Crippen molar-refractivity contribution in [2.45, 2.75) is 19.4 Å². The predicted molar refractivity (Wildman–Crippen MR) is 125 cm³/mol. The maximum atomic E-state index is 12.2. The molecule has 1 aliphatic heterocycles. The number of urea groups is 1. The van der Waals surface area contributed by atoms with E-state index in [4.69, 9.17) is 15.2 Å². The zero-order chi connectivity index (χ0) is 23.6. The van der Waals surface area contributed by atoms with E-state index in [1.165, 1.54) is 13.2 Å². The standard InChI is InChI=1S/C24H28N4O5/c1-32-21-14-17(7-9-20(21)33-16-22(25)29)8-10-23(30)26-15-18-5-4-6-19(13-18)27-24(31)28-11-2-3-12-28/h4-10,13-14H,2-3,11-12,15-16H2,1H3,(H2,25,29)(H,26,30)(H,27,31). The molecule has 2 aromatic rings. The first-order valence-electron chi connectivity index (χ1n) is 10.6. The molecule has 0 aliphatic carbocycles. The van der Waals surface area contributed by atoms with Gasteiger partial charge in [0.1, 0.15) is 0 Å². The number of carbonyl (C=O) groups excluding carboxylic acids is 3. The van der Waals surface area contributed by atoms with Crippen molar-refractivity contribution in [3.8, 4) is 11.5 Å². The van der Waals surface area contributed by atoms with Gasteiger partial charge in [-0.25, -0.2) is 4.79 Å². The molecule has 4 amide bonds. The van der Waals surface area contributed by atoms with E-state index in [9.17, 15) is 14.4 Å². The molecular weight excluding hydrogens is 424 g/mol. The van der Waals surface area contributed by atoms with Crippen molar-refractivity contribution < 1.29 is 23.9 Å². The Bertz CT molecular complexity index is 1030. The highest BCUT2D eigenvalue weighted by Crippen LogP contribution is 2.28. The third-order valence-electron chi connectivity index (χ3n) is 5.02. The van der Waals surface area contributed by atoms with Gasteiger partial charge in [0.2, 0.25) is 5.91 Å². The molecule has 2 aromatic carbocycles. The summed E-state index contributed by atoms with van der Waals surface area (Å²) < 4.78 is 10.5. The fourth-order valence-electron chi connectivity index (χ4n) is 3.36. The van der Waals surface area contributed by atoms with E-state index in [0.717, 1.165) is 37.1 Å². The van der Waals surface area contributed by atoms with Crippen molar-refractivity contribution in [1.82, 2.24) is 10.2 Å². The van der Waals surface area contributed by atoms with Crippen molar-refractivity contribution in [3.05, 3.63) is 59.7 Å². The predicted octanol–water partition coefficient (Wildman–Crippen LogP) is 2.52. The van der Waals surface area contributed by atoms with Crippen LogP contribution in [0.5, 0.6) is 11.5 Å². The number of rotatable bonds is 9. The van der Waals surface area contributed by atoms with E-state index in [1.54, 1.807) is 29.2 Å². The highest BCUT2D eigenvalue weighted by atomic mass is 16.5. The quantitative estimate of drug-likeness (QED) is 0.505. The van der Waals surface area contributed by atoms with Gasteiger partial charge in [-0.15, -0.1) is 0 Å². The fourth-order valence-corrected chi connectivity index (χ4v) is 3.36. The third-order valence-corrected chi connectivity index (χ3v) is 5.02. The Labute approximate surface area is 192 Å². The summed E-state index contributed by atoms with van der Waals surface area (Å²) in [6, 6.07) is 12.3. The molecule has 1 fully saturated rings. The van der Waals surface area contributed by atoms with Crippen LogP contribution in [0, 0.1) is 0 Å². The van der Waals surface area contributed by atoms with Crippen LogP contribution in [0.1, 0.15) is 24.0 Å². The van der Waals surface area contributed by atoms with E-state index in [0.29, 0.717) is 23.7 Å². The lowest BCUT2D eigenvalue weighted by Crippen LogP contribution is -2.32. The molecule has 4 N–H and O–H groups in total. The van der Waals surface area contributed by atoms with Gasteiger partial charge >= 0.3 is 6.03 Å². The normalized spacial score (nSPS) is 13.1. The van der Waals surface area contributed by atoms with E-state index >= 15 is 0 Å². The van der Waals surface area contributed by atoms with E-state index in [2.05, 4.69) is 10.6 Å². The summed E-state index contributed by atoms with van der Waals surface area (Å²) in [4.78, 5) is 37.2. The van der Waals surface area contributed by atoms with Crippen LogP contribution in [0.15, 0.2) is 48.5 Å². The van der Waals surface area contributed by atoms with Crippen molar-refractivity contribution in [3.63, 3.8) is 0 Å². The van der Waals surface area contributed by atoms with Gasteiger partial charge in [-0.1, -0.05) is 18.2 Å². The van der Waals surface area contributed by atoms with Crippen LogP contribution in [0.4, 0.5) is 10.5 Å². The molecule has 1 heterocycles. The van der Waals surface area contributed by atoms with Crippen LogP contribution in [-0.4, -0.2) is 49.6 Å². The van der Waals surface area contributed by atoms with Crippen LogP contribution in [0.2, 0.25) is 0 Å². The van der Waals surface area contributed by atoms with E-state index in [-0.39, 0.29) is 18.5 Å². The van der Waals surface area contributed by atoms with Crippen LogP contribution in [-0.2, 0) is 16.1 Å². The number of hydrogen-bond donors (Lipinski definition) is 3. The number of nitrogens with one attached hydrogen (secondary N) is 2. The lowest BCUT2D eigenvalue weighted by Gasteiger charge is -2.16. The molecular formula is C24H28N4O5. The topological polar surface area (TPSA) is 123 Å². The van der Waals surface area contributed by atoms with Gasteiger partial charge in [0.05, 0.1) is 7.11 Å². The summed E-state index contributed by atoms with van der Waals surface area (Å²) in [6.45, 7) is 1.63. The van der Waals surface area contributed by atoms with Crippen molar-refractivity contribution in [2.75, 3.05) is 32.1 Å². The Balaban J connectivity index is 1.52. The summed E-state index contributed by atoms with van der Waals surface area (Å²) in [5, 5.41) is 5.72. The van der Waals surface area contributed by atoms with Crippen molar-refractivity contribution >= 4 is 29.6 Å². The van der Waals surface area contributed by atoms with E-state index < -0.39 is 5.91 Å². The van der Waals surface area contributed by atoms with Gasteiger partial charge in [-0.2, -0.15) is 0 Å². The molecule has 0 atom stereocenters. The molecule has 3 rings (SSSR count). The Morgan fingerprint density at radius 1 is 1.09 bits per heavy atom. The minimum atomic E-state index is -0.586.